The van der Waals surface area contributed by atoms with Crippen LogP contribution in [0.1, 0.15) is 26.3 Å². The van der Waals surface area contributed by atoms with Crippen molar-refractivity contribution in [1.29, 1.82) is 0 Å². The van der Waals surface area contributed by atoms with Crippen molar-refractivity contribution in [1.82, 2.24) is 4.90 Å². The molecule has 1 aromatic rings. The molecule has 1 fully saturated rings. The first-order chi connectivity index (χ1) is 9.04. The molecule has 2 rings (SSSR count). The zero-order valence-electron chi connectivity index (χ0n) is 12.1. The first-order valence-corrected chi connectivity index (χ1v) is 7.13. The van der Waals surface area contributed by atoms with Crippen LogP contribution in [0.5, 0.6) is 0 Å². The summed E-state index contributed by atoms with van der Waals surface area (Å²) in [7, 11) is 0. The predicted molar refractivity (Wildman–Crippen MR) is 79.2 cm³/mol. The Kier molecular flexibility index (Phi) is 4.59. The molecule has 0 unspecified atom stereocenters. The summed E-state index contributed by atoms with van der Waals surface area (Å²) in [5.74, 6) is 1.61. The van der Waals surface area contributed by atoms with E-state index in [4.69, 9.17) is 0 Å². The van der Waals surface area contributed by atoms with Crippen LogP contribution in [0.3, 0.4) is 0 Å². The molecule has 1 saturated heterocycles. The molecule has 1 heterocycles. The third kappa shape index (κ3) is 4.06. The molecule has 0 bridgehead atoms. The lowest BCUT2D eigenvalue weighted by Gasteiger charge is -2.15. The average molecular weight is 260 g/mol. The highest BCUT2D eigenvalue weighted by atomic mass is 16.1. The van der Waals surface area contributed by atoms with Gasteiger partial charge in [-0.05, 0) is 36.0 Å². The SMILES string of the molecule is CC(=O)Nc1cccc(CCN2C[C@H](C)[C@@H](C)C2)c1. The summed E-state index contributed by atoms with van der Waals surface area (Å²) >= 11 is 0. The molecule has 0 aromatic heterocycles. The van der Waals surface area contributed by atoms with Gasteiger partial charge in [0.2, 0.25) is 5.91 Å². The highest BCUT2D eigenvalue weighted by Crippen LogP contribution is 2.22. The highest BCUT2D eigenvalue weighted by Gasteiger charge is 2.25. The lowest BCUT2D eigenvalue weighted by Crippen LogP contribution is -2.23. The number of nitrogens with zero attached hydrogens (tertiary/aromatic N) is 1. The van der Waals surface area contributed by atoms with Gasteiger partial charge < -0.3 is 10.2 Å². The van der Waals surface area contributed by atoms with E-state index in [1.807, 2.05) is 12.1 Å². The van der Waals surface area contributed by atoms with Gasteiger partial charge in [0.05, 0.1) is 0 Å². The van der Waals surface area contributed by atoms with Gasteiger partial charge in [0.1, 0.15) is 0 Å². The number of hydrogen-bond donors (Lipinski definition) is 1. The maximum absolute atomic E-state index is 11.0. The zero-order chi connectivity index (χ0) is 13.8. The number of benzene rings is 1. The summed E-state index contributed by atoms with van der Waals surface area (Å²) in [4.78, 5) is 13.6. The molecular weight excluding hydrogens is 236 g/mol. The molecule has 1 N–H and O–H groups in total. The van der Waals surface area contributed by atoms with E-state index in [-0.39, 0.29) is 5.91 Å². The van der Waals surface area contributed by atoms with E-state index in [0.717, 1.165) is 30.5 Å². The topological polar surface area (TPSA) is 32.3 Å². The van der Waals surface area contributed by atoms with Gasteiger partial charge in [-0.2, -0.15) is 0 Å². The minimum absolute atomic E-state index is 0.0145. The first-order valence-electron chi connectivity index (χ1n) is 7.13. The first kappa shape index (κ1) is 14.1. The van der Waals surface area contributed by atoms with Crippen LogP contribution in [0.4, 0.5) is 5.69 Å². The van der Waals surface area contributed by atoms with Crippen molar-refractivity contribution in [3.8, 4) is 0 Å². The fourth-order valence-corrected chi connectivity index (χ4v) is 2.73. The van der Waals surface area contributed by atoms with E-state index in [9.17, 15) is 4.79 Å². The minimum atomic E-state index is -0.0145. The number of hydrogen-bond acceptors (Lipinski definition) is 2. The molecule has 3 nitrogen and oxygen atoms in total. The highest BCUT2D eigenvalue weighted by molar-refractivity contribution is 5.88. The quantitative estimate of drug-likeness (QED) is 0.903. The Hall–Kier alpha value is -1.35. The van der Waals surface area contributed by atoms with Crippen molar-refractivity contribution in [3.05, 3.63) is 29.8 Å². The van der Waals surface area contributed by atoms with Gasteiger partial charge in [0.25, 0.3) is 0 Å². The summed E-state index contributed by atoms with van der Waals surface area (Å²) in [5, 5.41) is 2.83. The molecule has 0 saturated carbocycles. The average Bonchev–Trinajstić information content (AvgIpc) is 2.66. The molecular formula is C16H24N2O. The van der Waals surface area contributed by atoms with Crippen molar-refractivity contribution < 1.29 is 4.79 Å². The Bertz CT molecular complexity index is 434. The number of amides is 1. The number of likely N-dealkylation sites (tertiary alicyclic amines) is 1. The predicted octanol–water partition coefficient (Wildman–Crippen LogP) is 2.78. The minimum Gasteiger partial charge on any atom is -0.326 e. The summed E-state index contributed by atoms with van der Waals surface area (Å²) in [5.41, 5.74) is 2.19. The molecule has 1 aliphatic rings. The number of anilines is 1. The maximum atomic E-state index is 11.0. The van der Waals surface area contributed by atoms with E-state index < -0.39 is 0 Å². The third-order valence-corrected chi connectivity index (χ3v) is 4.03. The van der Waals surface area contributed by atoms with E-state index in [1.165, 1.54) is 18.7 Å². The molecule has 1 amide bonds. The molecule has 0 spiro atoms. The monoisotopic (exact) mass is 260 g/mol. The number of rotatable bonds is 4. The fraction of sp³-hybridized carbons (Fsp3) is 0.562. The Labute approximate surface area is 116 Å². The number of carbonyl (C=O) groups is 1. The van der Waals surface area contributed by atoms with Crippen molar-refractivity contribution >= 4 is 11.6 Å². The third-order valence-electron chi connectivity index (χ3n) is 4.03. The molecule has 0 radical (unpaired) electrons. The van der Waals surface area contributed by atoms with Gasteiger partial charge >= 0.3 is 0 Å². The van der Waals surface area contributed by atoms with E-state index >= 15 is 0 Å². The van der Waals surface area contributed by atoms with Crippen molar-refractivity contribution in [3.63, 3.8) is 0 Å². The Balaban J connectivity index is 1.87. The van der Waals surface area contributed by atoms with Crippen molar-refractivity contribution in [2.75, 3.05) is 25.0 Å². The van der Waals surface area contributed by atoms with Gasteiger partial charge in [-0.15, -0.1) is 0 Å². The van der Waals surface area contributed by atoms with Crippen LogP contribution in [0.25, 0.3) is 0 Å². The van der Waals surface area contributed by atoms with Gasteiger partial charge in [-0.3, -0.25) is 4.79 Å². The largest absolute Gasteiger partial charge is 0.326 e. The van der Waals surface area contributed by atoms with Crippen LogP contribution < -0.4 is 5.32 Å². The molecule has 104 valence electrons. The Morgan fingerprint density at radius 1 is 1.32 bits per heavy atom. The lowest BCUT2D eigenvalue weighted by atomic mass is 10.0. The summed E-state index contributed by atoms with van der Waals surface area (Å²) in [6.45, 7) is 9.75. The zero-order valence-corrected chi connectivity index (χ0v) is 12.1. The normalized spacial score (nSPS) is 23.5. The van der Waals surface area contributed by atoms with Gasteiger partial charge in [-0.25, -0.2) is 0 Å². The molecule has 3 heteroatoms. The van der Waals surface area contributed by atoms with Gasteiger partial charge in [0.15, 0.2) is 0 Å². The van der Waals surface area contributed by atoms with Crippen LogP contribution in [0, 0.1) is 11.8 Å². The molecule has 1 aliphatic heterocycles. The van der Waals surface area contributed by atoms with E-state index in [2.05, 4.69) is 36.2 Å². The van der Waals surface area contributed by atoms with Crippen LogP contribution in [0.2, 0.25) is 0 Å². The van der Waals surface area contributed by atoms with Crippen LogP contribution in [-0.4, -0.2) is 30.4 Å². The Morgan fingerprint density at radius 3 is 2.63 bits per heavy atom. The van der Waals surface area contributed by atoms with Crippen LogP contribution >= 0.6 is 0 Å². The van der Waals surface area contributed by atoms with Crippen LogP contribution in [-0.2, 0) is 11.2 Å². The van der Waals surface area contributed by atoms with Crippen molar-refractivity contribution in [2.45, 2.75) is 27.2 Å². The molecule has 2 atom stereocenters. The fourth-order valence-electron chi connectivity index (χ4n) is 2.73. The number of nitrogens with one attached hydrogen (secondary N) is 1. The second kappa shape index (κ2) is 6.20. The number of carbonyl (C=O) groups excluding carboxylic acids is 1. The summed E-state index contributed by atoms with van der Waals surface area (Å²) < 4.78 is 0. The van der Waals surface area contributed by atoms with E-state index in [0.29, 0.717) is 0 Å². The van der Waals surface area contributed by atoms with Gasteiger partial charge in [0, 0.05) is 32.2 Å². The summed E-state index contributed by atoms with van der Waals surface area (Å²) in [6, 6.07) is 8.15. The van der Waals surface area contributed by atoms with Crippen molar-refractivity contribution in [2.24, 2.45) is 11.8 Å². The smallest absolute Gasteiger partial charge is 0.221 e. The standard InChI is InChI=1S/C16H24N2O/c1-12-10-18(11-13(12)2)8-7-15-5-4-6-16(9-15)17-14(3)19/h4-6,9,12-13H,7-8,10-11H2,1-3H3,(H,17,19)/t12-,13-/m0/s1. The molecule has 19 heavy (non-hydrogen) atoms. The molecule has 1 aromatic carbocycles. The molecule has 0 aliphatic carbocycles. The Morgan fingerprint density at radius 2 is 2.00 bits per heavy atom. The second-order valence-corrected chi connectivity index (χ2v) is 5.85. The lowest BCUT2D eigenvalue weighted by molar-refractivity contribution is -0.114. The van der Waals surface area contributed by atoms with Crippen LogP contribution in [0.15, 0.2) is 24.3 Å². The second-order valence-electron chi connectivity index (χ2n) is 5.85. The maximum Gasteiger partial charge on any atom is 0.221 e. The summed E-state index contributed by atoms with van der Waals surface area (Å²) in [6.07, 6.45) is 1.05. The van der Waals surface area contributed by atoms with E-state index in [1.54, 1.807) is 6.92 Å². The van der Waals surface area contributed by atoms with Gasteiger partial charge in [-0.1, -0.05) is 26.0 Å².